The number of rotatable bonds is 4. The summed E-state index contributed by atoms with van der Waals surface area (Å²) in [6.07, 6.45) is 3.34. The Bertz CT molecular complexity index is 430. The van der Waals surface area contributed by atoms with E-state index in [1.54, 1.807) is 11.8 Å². The Morgan fingerprint density at radius 2 is 1.84 bits per heavy atom. The molecule has 25 heavy (non-hydrogen) atoms. The van der Waals surface area contributed by atoms with E-state index < -0.39 is 5.60 Å². The Hall–Kier alpha value is -2.05. The molecule has 1 heterocycles. The van der Waals surface area contributed by atoms with Gasteiger partial charge in [-0.25, -0.2) is 4.79 Å². The average Bonchev–Trinajstić information content (AvgIpc) is 3.20. The summed E-state index contributed by atoms with van der Waals surface area (Å²) in [5, 5.41) is 2.96. The van der Waals surface area contributed by atoms with Crippen LogP contribution in [-0.2, 0) is 19.1 Å². The van der Waals surface area contributed by atoms with E-state index in [1.165, 1.54) is 0 Å². The monoisotopic (exact) mass is 356 g/mol. The molecule has 0 bridgehead atoms. The van der Waals surface area contributed by atoms with Crippen LogP contribution in [0.15, 0.2) is 13.2 Å². The number of hydrogen-bond donors (Lipinski definition) is 1. The first-order valence-electron chi connectivity index (χ1n) is 8.63. The van der Waals surface area contributed by atoms with Crippen molar-refractivity contribution in [1.29, 1.82) is 0 Å². The fourth-order valence-corrected chi connectivity index (χ4v) is 2.17. The lowest BCUT2D eigenvalue weighted by Crippen LogP contribution is -2.48. The zero-order chi connectivity index (χ0) is 19.5. The van der Waals surface area contributed by atoms with Gasteiger partial charge in [-0.2, -0.15) is 0 Å². The Balaban J connectivity index is 0.000000710. The number of ether oxygens (including phenoxy) is 2. The van der Waals surface area contributed by atoms with Crippen LogP contribution < -0.4 is 5.32 Å². The highest BCUT2D eigenvalue weighted by atomic mass is 16.6. The van der Waals surface area contributed by atoms with Crippen molar-refractivity contribution in [2.24, 2.45) is 0 Å². The minimum atomic E-state index is -0.517. The topological polar surface area (TPSA) is 84.9 Å². The minimum absolute atomic E-state index is 0.0270. The molecule has 0 spiro atoms. The van der Waals surface area contributed by atoms with E-state index in [0.717, 1.165) is 25.7 Å². The number of nitrogens with one attached hydrogen (secondary N) is 1. The van der Waals surface area contributed by atoms with Crippen molar-refractivity contribution in [3.8, 4) is 0 Å². The van der Waals surface area contributed by atoms with Gasteiger partial charge in [-0.15, -0.1) is 13.2 Å². The fraction of sp³-hybridized carbons (Fsp3) is 0.722. The first-order valence-corrected chi connectivity index (χ1v) is 8.63. The summed E-state index contributed by atoms with van der Waals surface area (Å²) in [5.41, 5.74) is -0.517. The molecule has 7 heteroatoms. The molecule has 1 atom stereocenters. The van der Waals surface area contributed by atoms with Crippen LogP contribution in [0.1, 0.15) is 53.4 Å². The Morgan fingerprint density at radius 3 is 2.24 bits per heavy atom. The molecular weight excluding hydrogens is 324 g/mol. The lowest BCUT2D eigenvalue weighted by molar-refractivity contribution is -0.128. The van der Waals surface area contributed by atoms with Crippen LogP contribution in [0.5, 0.6) is 0 Å². The average molecular weight is 356 g/mol. The molecule has 0 aromatic carbocycles. The SMILES string of the molecule is C=C.CC(C)(C)OC(=O)N1CCC[C@H]1C(=O)NC1CC1.CCOC=O. The van der Waals surface area contributed by atoms with Crippen LogP contribution in [0.3, 0.4) is 0 Å². The largest absolute Gasteiger partial charge is 0.468 e. The standard InChI is InChI=1S/C13H22N2O3.C3H6O2.C2H4/c1-13(2,3)18-12(17)15-8-4-5-10(15)11(16)14-9-6-7-9;1-2-5-3-4;1-2/h9-10H,4-8H2,1-3H3,(H,14,16);3H,2H2,1H3;1-2H2/t10-;;/m0../s1. The van der Waals surface area contributed by atoms with E-state index in [2.05, 4.69) is 23.2 Å². The van der Waals surface area contributed by atoms with Crippen LogP contribution in [0.4, 0.5) is 4.79 Å². The second-order valence-corrected chi connectivity index (χ2v) is 6.67. The molecule has 1 aliphatic heterocycles. The molecule has 0 unspecified atom stereocenters. The van der Waals surface area contributed by atoms with Gasteiger partial charge >= 0.3 is 6.09 Å². The Morgan fingerprint density at radius 1 is 1.24 bits per heavy atom. The van der Waals surface area contributed by atoms with Gasteiger partial charge in [-0.1, -0.05) is 0 Å². The summed E-state index contributed by atoms with van der Waals surface area (Å²) in [5.74, 6) is -0.0270. The third kappa shape index (κ3) is 9.74. The predicted octanol–water partition coefficient (Wildman–Crippen LogP) is 2.65. The van der Waals surface area contributed by atoms with Crippen molar-refractivity contribution in [2.75, 3.05) is 13.2 Å². The van der Waals surface area contributed by atoms with E-state index in [-0.39, 0.29) is 18.0 Å². The van der Waals surface area contributed by atoms with Crippen molar-refractivity contribution in [3.05, 3.63) is 13.2 Å². The van der Waals surface area contributed by atoms with Gasteiger partial charge in [0.2, 0.25) is 5.91 Å². The number of likely N-dealkylation sites (tertiary alicyclic amines) is 1. The summed E-state index contributed by atoms with van der Waals surface area (Å²) in [6.45, 7) is 14.8. The molecule has 1 N–H and O–H groups in total. The highest BCUT2D eigenvalue weighted by molar-refractivity contribution is 5.86. The van der Waals surface area contributed by atoms with E-state index >= 15 is 0 Å². The van der Waals surface area contributed by atoms with Crippen LogP contribution in [0.25, 0.3) is 0 Å². The van der Waals surface area contributed by atoms with Crippen molar-refractivity contribution < 1.29 is 23.9 Å². The first-order chi connectivity index (χ1) is 11.8. The van der Waals surface area contributed by atoms with Gasteiger partial charge < -0.3 is 14.8 Å². The van der Waals surface area contributed by atoms with Crippen LogP contribution in [0, 0.1) is 0 Å². The van der Waals surface area contributed by atoms with Gasteiger partial charge in [0.25, 0.3) is 6.47 Å². The van der Waals surface area contributed by atoms with Gasteiger partial charge in [-0.3, -0.25) is 14.5 Å². The Kier molecular flexibility index (Phi) is 10.6. The maximum absolute atomic E-state index is 12.0. The maximum atomic E-state index is 12.0. The molecule has 1 aliphatic carbocycles. The quantitative estimate of drug-likeness (QED) is 0.618. The molecular formula is C18H32N2O5. The number of carbonyl (C=O) groups excluding carboxylic acids is 3. The van der Waals surface area contributed by atoms with E-state index in [4.69, 9.17) is 4.74 Å². The number of amides is 2. The normalized spacial score (nSPS) is 18.7. The zero-order valence-corrected chi connectivity index (χ0v) is 15.9. The molecule has 144 valence electrons. The van der Waals surface area contributed by atoms with E-state index in [9.17, 15) is 14.4 Å². The predicted molar refractivity (Wildman–Crippen MR) is 96.1 cm³/mol. The van der Waals surface area contributed by atoms with Gasteiger partial charge in [0.15, 0.2) is 0 Å². The lowest BCUT2D eigenvalue weighted by Gasteiger charge is -2.28. The second kappa shape index (κ2) is 11.5. The summed E-state index contributed by atoms with van der Waals surface area (Å²) >= 11 is 0. The van der Waals surface area contributed by atoms with Crippen LogP contribution in [-0.4, -0.2) is 54.2 Å². The van der Waals surface area contributed by atoms with Crippen LogP contribution >= 0.6 is 0 Å². The number of hydrogen-bond acceptors (Lipinski definition) is 5. The highest BCUT2D eigenvalue weighted by Crippen LogP contribution is 2.23. The van der Waals surface area contributed by atoms with E-state index in [0.29, 0.717) is 25.7 Å². The molecule has 2 rings (SSSR count). The summed E-state index contributed by atoms with van der Waals surface area (Å²) in [7, 11) is 0. The minimum Gasteiger partial charge on any atom is -0.468 e. The highest BCUT2D eigenvalue weighted by Gasteiger charge is 2.38. The molecule has 1 saturated carbocycles. The third-order valence-corrected chi connectivity index (χ3v) is 3.34. The van der Waals surface area contributed by atoms with Gasteiger partial charge in [0.1, 0.15) is 11.6 Å². The molecule has 0 aromatic heterocycles. The number of carbonyl (C=O) groups is 3. The third-order valence-electron chi connectivity index (χ3n) is 3.34. The molecule has 7 nitrogen and oxygen atoms in total. The van der Waals surface area contributed by atoms with Crippen molar-refractivity contribution >= 4 is 18.5 Å². The molecule has 0 radical (unpaired) electrons. The summed E-state index contributed by atoms with van der Waals surface area (Å²) < 4.78 is 9.48. The van der Waals surface area contributed by atoms with E-state index in [1.807, 2.05) is 20.8 Å². The zero-order valence-electron chi connectivity index (χ0n) is 15.9. The molecule has 0 aromatic rings. The molecule has 2 aliphatic rings. The van der Waals surface area contributed by atoms with Crippen molar-refractivity contribution in [2.45, 2.75) is 71.1 Å². The maximum Gasteiger partial charge on any atom is 0.410 e. The van der Waals surface area contributed by atoms with Gasteiger partial charge in [0, 0.05) is 12.6 Å². The van der Waals surface area contributed by atoms with Crippen molar-refractivity contribution in [3.63, 3.8) is 0 Å². The van der Waals surface area contributed by atoms with Crippen molar-refractivity contribution in [1.82, 2.24) is 10.2 Å². The lowest BCUT2D eigenvalue weighted by atomic mass is 10.2. The molecule has 1 saturated heterocycles. The number of nitrogens with zero attached hydrogens (tertiary/aromatic N) is 1. The smallest absolute Gasteiger partial charge is 0.410 e. The van der Waals surface area contributed by atoms with Crippen LogP contribution in [0.2, 0.25) is 0 Å². The van der Waals surface area contributed by atoms with Gasteiger partial charge in [0.05, 0.1) is 6.61 Å². The molecule has 2 fully saturated rings. The Labute approximate surface area is 150 Å². The fourth-order valence-electron chi connectivity index (χ4n) is 2.17. The second-order valence-electron chi connectivity index (χ2n) is 6.67. The molecule has 2 amide bonds. The summed E-state index contributed by atoms with van der Waals surface area (Å²) in [6, 6.07) is -0.0148. The first kappa shape index (κ1) is 22.9. The van der Waals surface area contributed by atoms with Gasteiger partial charge in [-0.05, 0) is 53.4 Å². The summed E-state index contributed by atoms with van der Waals surface area (Å²) in [4.78, 5) is 34.8.